The number of nitrogens with zero attached hydrogens (tertiary/aromatic N) is 1. The zero-order chi connectivity index (χ0) is 24.4. The van der Waals surface area contributed by atoms with E-state index in [0.29, 0.717) is 43.4 Å². The zero-order valence-electron chi connectivity index (χ0n) is 19.4. The number of benzene rings is 3. The highest BCUT2D eigenvalue weighted by atomic mass is 32.2. The number of rotatable bonds is 12. The number of amides is 1. The third kappa shape index (κ3) is 7.60. The van der Waals surface area contributed by atoms with Crippen molar-refractivity contribution in [3.8, 4) is 5.75 Å². The molecule has 3 rings (SSSR count). The Hall–Kier alpha value is -3.36. The Kier molecular flexibility index (Phi) is 9.07. The summed E-state index contributed by atoms with van der Waals surface area (Å²) >= 11 is 0. The molecule has 180 valence electrons. The number of ether oxygens (including phenoxy) is 2. The van der Waals surface area contributed by atoms with Gasteiger partial charge in [-0.2, -0.15) is 0 Å². The van der Waals surface area contributed by atoms with E-state index in [1.165, 1.54) is 10.6 Å². The highest BCUT2D eigenvalue weighted by Crippen LogP contribution is 2.24. The second kappa shape index (κ2) is 12.2. The summed E-state index contributed by atoms with van der Waals surface area (Å²) < 4.78 is 37.1. The summed E-state index contributed by atoms with van der Waals surface area (Å²) in [7, 11) is -3.51. The standard InChI is InChI=1S/C26H30N2O5S/c1-3-33-25-15-13-24(14-16-25)28(34(2,30)31)19-21-9-11-23(12-10-21)26(29)27-17-18-32-20-22-7-5-4-6-8-22/h4-16H,3,17-20H2,1-2H3,(H,27,29). The largest absolute Gasteiger partial charge is 0.494 e. The molecule has 0 bridgehead atoms. The van der Waals surface area contributed by atoms with Gasteiger partial charge in [0.2, 0.25) is 10.0 Å². The number of carbonyl (C=O) groups is 1. The molecule has 0 aromatic heterocycles. The molecule has 1 N–H and O–H groups in total. The van der Waals surface area contributed by atoms with Crippen LogP contribution < -0.4 is 14.4 Å². The van der Waals surface area contributed by atoms with Crippen LogP contribution in [0.5, 0.6) is 5.75 Å². The molecule has 0 aliphatic heterocycles. The molecule has 0 spiro atoms. The topological polar surface area (TPSA) is 84.9 Å². The summed E-state index contributed by atoms with van der Waals surface area (Å²) in [6.07, 6.45) is 1.17. The van der Waals surface area contributed by atoms with Crippen molar-refractivity contribution in [2.75, 3.05) is 30.3 Å². The van der Waals surface area contributed by atoms with E-state index in [-0.39, 0.29) is 12.5 Å². The number of hydrogen-bond donors (Lipinski definition) is 1. The van der Waals surface area contributed by atoms with E-state index in [9.17, 15) is 13.2 Å². The molecule has 0 saturated heterocycles. The van der Waals surface area contributed by atoms with Crippen molar-refractivity contribution >= 4 is 21.6 Å². The molecule has 34 heavy (non-hydrogen) atoms. The van der Waals surface area contributed by atoms with E-state index in [1.54, 1.807) is 48.5 Å². The van der Waals surface area contributed by atoms with Gasteiger partial charge in [-0.05, 0) is 54.4 Å². The van der Waals surface area contributed by atoms with E-state index in [4.69, 9.17) is 9.47 Å². The van der Waals surface area contributed by atoms with Crippen molar-refractivity contribution in [3.05, 3.63) is 95.6 Å². The molecule has 7 nitrogen and oxygen atoms in total. The molecule has 0 heterocycles. The van der Waals surface area contributed by atoms with Crippen molar-refractivity contribution in [1.29, 1.82) is 0 Å². The van der Waals surface area contributed by atoms with Gasteiger partial charge in [0, 0.05) is 12.1 Å². The fraction of sp³-hybridized carbons (Fsp3) is 0.269. The minimum atomic E-state index is -3.51. The second-order valence-corrected chi connectivity index (χ2v) is 9.59. The van der Waals surface area contributed by atoms with Crippen LogP contribution in [0.25, 0.3) is 0 Å². The fourth-order valence-electron chi connectivity index (χ4n) is 3.31. The van der Waals surface area contributed by atoms with E-state index in [2.05, 4.69) is 5.32 Å². The number of sulfonamides is 1. The van der Waals surface area contributed by atoms with Gasteiger partial charge in [-0.3, -0.25) is 9.10 Å². The second-order valence-electron chi connectivity index (χ2n) is 7.69. The van der Waals surface area contributed by atoms with E-state index in [0.717, 1.165) is 11.1 Å². The van der Waals surface area contributed by atoms with Crippen LogP contribution in [0.15, 0.2) is 78.9 Å². The monoisotopic (exact) mass is 482 g/mol. The minimum absolute atomic E-state index is 0.155. The fourth-order valence-corrected chi connectivity index (χ4v) is 4.19. The Bertz CT molecular complexity index is 1150. The maximum atomic E-state index is 12.4. The first kappa shape index (κ1) is 25.3. The first-order valence-corrected chi connectivity index (χ1v) is 12.9. The Morgan fingerprint density at radius 1 is 0.912 bits per heavy atom. The van der Waals surface area contributed by atoms with Crippen LogP contribution in [0.4, 0.5) is 5.69 Å². The SMILES string of the molecule is CCOc1ccc(N(Cc2ccc(C(=O)NCCOCc3ccccc3)cc2)S(C)(=O)=O)cc1. The molecule has 1 amide bonds. The van der Waals surface area contributed by atoms with Crippen LogP contribution >= 0.6 is 0 Å². The Morgan fingerprint density at radius 3 is 2.21 bits per heavy atom. The lowest BCUT2D eigenvalue weighted by Gasteiger charge is -2.23. The molecular weight excluding hydrogens is 452 g/mol. The van der Waals surface area contributed by atoms with Crippen LogP contribution in [0.3, 0.4) is 0 Å². The van der Waals surface area contributed by atoms with E-state index < -0.39 is 10.0 Å². The Labute approximate surface area is 201 Å². The number of carbonyl (C=O) groups excluding carboxylic acids is 1. The highest BCUT2D eigenvalue weighted by Gasteiger charge is 2.18. The van der Waals surface area contributed by atoms with Crippen molar-refractivity contribution in [2.24, 2.45) is 0 Å². The van der Waals surface area contributed by atoms with Crippen molar-refractivity contribution in [1.82, 2.24) is 5.32 Å². The van der Waals surface area contributed by atoms with Crippen LogP contribution in [0.1, 0.15) is 28.4 Å². The van der Waals surface area contributed by atoms with Gasteiger partial charge in [-0.1, -0.05) is 42.5 Å². The molecule has 0 atom stereocenters. The molecule has 0 unspecified atom stereocenters. The lowest BCUT2D eigenvalue weighted by molar-refractivity contribution is 0.0901. The average molecular weight is 483 g/mol. The smallest absolute Gasteiger partial charge is 0.251 e. The van der Waals surface area contributed by atoms with Gasteiger partial charge >= 0.3 is 0 Å². The normalized spacial score (nSPS) is 11.1. The summed E-state index contributed by atoms with van der Waals surface area (Å²) in [5.41, 5.74) is 2.89. The molecule has 3 aromatic rings. The molecule has 0 radical (unpaired) electrons. The third-order valence-corrected chi connectivity index (χ3v) is 6.16. The predicted octanol–water partition coefficient (Wildman–Crippen LogP) is 4.00. The summed E-state index contributed by atoms with van der Waals surface area (Å²) in [6.45, 7) is 3.88. The number of anilines is 1. The number of nitrogens with one attached hydrogen (secondary N) is 1. The summed E-state index contributed by atoms with van der Waals surface area (Å²) in [4.78, 5) is 12.4. The molecule has 0 aliphatic rings. The lowest BCUT2D eigenvalue weighted by Crippen LogP contribution is -2.29. The van der Waals surface area contributed by atoms with Crippen LogP contribution in [0.2, 0.25) is 0 Å². The molecule has 8 heteroatoms. The maximum absolute atomic E-state index is 12.4. The van der Waals surface area contributed by atoms with Gasteiger partial charge in [-0.25, -0.2) is 8.42 Å². The average Bonchev–Trinajstić information content (AvgIpc) is 2.83. The van der Waals surface area contributed by atoms with E-state index in [1.807, 2.05) is 37.3 Å². The Morgan fingerprint density at radius 2 is 1.59 bits per heavy atom. The van der Waals surface area contributed by atoms with Gasteiger partial charge in [0.25, 0.3) is 5.91 Å². The van der Waals surface area contributed by atoms with Gasteiger partial charge in [-0.15, -0.1) is 0 Å². The van der Waals surface area contributed by atoms with Crippen molar-refractivity contribution < 1.29 is 22.7 Å². The summed E-state index contributed by atoms with van der Waals surface area (Å²) in [6, 6.07) is 23.7. The minimum Gasteiger partial charge on any atom is -0.494 e. The van der Waals surface area contributed by atoms with Crippen LogP contribution in [0, 0.1) is 0 Å². The third-order valence-electron chi connectivity index (χ3n) is 5.02. The highest BCUT2D eigenvalue weighted by molar-refractivity contribution is 7.92. The van der Waals surface area contributed by atoms with Crippen molar-refractivity contribution in [3.63, 3.8) is 0 Å². The predicted molar refractivity (Wildman–Crippen MR) is 134 cm³/mol. The van der Waals surface area contributed by atoms with Crippen LogP contribution in [-0.4, -0.2) is 40.3 Å². The van der Waals surface area contributed by atoms with E-state index >= 15 is 0 Å². The molecule has 0 aliphatic carbocycles. The molecular formula is C26H30N2O5S. The number of hydrogen-bond acceptors (Lipinski definition) is 5. The van der Waals surface area contributed by atoms with Gasteiger partial charge < -0.3 is 14.8 Å². The van der Waals surface area contributed by atoms with Crippen molar-refractivity contribution in [2.45, 2.75) is 20.1 Å². The van der Waals surface area contributed by atoms with Gasteiger partial charge in [0.1, 0.15) is 5.75 Å². The summed E-state index contributed by atoms with van der Waals surface area (Å²) in [5, 5.41) is 2.83. The zero-order valence-corrected chi connectivity index (χ0v) is 20.3. The maximum Gasteiger partial charge on any atom is 0.251 e. The lowest BCUT2D eigenvalue weighted by atomic mass is 10.1. The first-order valence-electron chi connectivity index (χ1n) is 11.1. The van der Waals surface area contributed by atoms with Gasteiger partial charge in [0.05, 0.1) is 38.3 Å². The molecule has 0 fully saturated rings. The van der Waals surface area contributed by atoms with Gasteiger partial charge in [0.15, 0.2) is 0 Å². The molecule has 0 saturated carbocycles. The summed E-state index contributed by atoms with van der Waals surface area (Å²) in [5.74, 6) is 0.474. The van der Waals surface area contributed by atoms with Crippen LogP contribution in [-0.2, 0) is 27.9 Å². The Balaban J connectivity index is 1.54. The molecule has 3 aromatic carbocycles. The first-order chi connectivity index (χ1) is 16.4. The quantitative estimate of drug-likeness (QED) is 0.395.